The van der Waals surface area contributed by atoms with Gasteiger partial charge in [-0.05, 0) is 31.5 Å². The summed E-state index contributed by atoms with van der Waals surface area (Å²) in [6, 6.07) is 8.94. The smallest absolute Gasteiger partial charge is 0.186 e. The first-order chi connectivity index (χ1) is 8.34. The fraction of sp³-hybridized carbons (Fsp3) is 0.462. The van der Waals surface area contributed by atoms with E-state index >= 15 is 0 Å². The number of aromatic nitrogens is 1. The van der Waals surface area contributed by atoms with Crippen molar-refractivity contribution in [2.75, 3.05) is 25.0 Å². The Bertz CT molecular complexity index is 469. The molecule has 1 aliphatic rings. The van der Waals surface area contributed by atoms with Crippen LogP contribution in [0, 0.1) is 0 Å². The highest BCUT2D eigenvalue weighted by Gasteiger charge is 2.20. The van der Waals surface area contributed by atoms with Crippen molar-refractivity contribution in [3.05, 3.63) is 24.3 Å². The number of benzene rings is 1. The number of rotatable bonds is 2. The molecule has 0 saturated carbocycles. The first kappa shape index (κ1) is 11.0. The van der Waals surface area contributed by atoms with Crippen LogP contribution in [-0.2, 0) is 0 Å². The van der Waals surface area contributed by atoms with Crippen molar-refractivity contribution in [2.24, 2.45) is 0 Å². The third-order valence-electron chi connectivity index (χ3n) is 3.40. The third kappa shape index (κ3) is 2.15. The second-order valence-electron chi connectivity index (χ2n) is 4.58. The Balaban J connectivity index is 1.86. The molecule has 0 amide bonds. The predicted molar refractivity (Wildman–Crippen MR) is 73.9 cm³/mol. The molecule has 90 valence electrons. The van der Waals surface area contributed by atoms with Crippen molar-refractivity contribution < 1.29 is 0 Å². The first-order valence-electron chi connectivity index (χ1n) is 6.14. The molecule has 4 heteroatoms. The molecule has 1 atom stereocenters. The molecule has 1 saturated heterocycles. The molecule has 1 fully saturated rings. The minimum atomic E-state index is 0.587. The lowest BCUT2D eigenvalue weighted by molar-refractivity contribution is 0.445. The normalized spacial score (nSPS) is 20.6. The van der Waals surface area contributed by atoms with E-state index in [0.29, 0.717) is 6.04 Å². The van der Waals surface area contributed by atoms with Gasteiger partial charge in [-0.3, -0.25) is 0 Å². The van der Waals surface area contributed by atoms with Crippen LogP contribution in [0.1, 0.15) is 12.8 Å². The molecule has 0 aliphatic carbocycles. The van der Waals surface area contributed by atoms with E-state index in [1.807, 2.05) is 6.07 Å². The Morgan fingerprint density at radius 1 is 1.41 bits per heavy atom. The number of para-hydroxylation sites is 1. The number of fused-ring (bicyclic) bond motifs is 1. The number of likely N-dealkylation sites (N-methyl/N-ethyl adjacent to an activating group) is 1. The Labute approximate surface area is 105 Å². The molecule has 3 rings (SSSR count). The SMILES string of the molecule is CN(c1nc2ccccc2s1)[C@H]1CCCNC1. The predicted octanol–water partition coefficient (Wildman–Crippen LogP) is 2.48. The van der Waals surface area contributed by atoms with Crippen molar-refractivity contribution in [2.45, 2.75) is 18.9 Å². The summed E-state index contributed by atoms with van der Waals surface area (Å²) in [7, 11) is 2.16. The van der Waals surface area contributed by atoms with Crippen LogP contribution in [0.15, 0.2) is 24.3 Å². The lowest BCUT2D eigenvalue weighted by atomic mass is 10.1. The zero-order valence-electron chi connectivity index (χ0n) is 10.0. The van der Waals surface area contributed by atoms with E-state index in [1.165, 1.54) is 17.5 Å². The van der Waals surface area contributed by atoms with Crippen LogP contribution < -0.4 is 10.2 Å². The van der Waals surface area contributed by atoms with E-state index in [9.17, 15) is 0 Å². The molecule has 1 aromatic heterocycles. The molecular formula is C13H17N3S. The second kappa shape index (κ2) is 4.63. The molecule has 0 bridgehead atoms. The van der Waals surface area contributed by atoms with Gasteiger partial charge in [0.1, 0.15) is 0 Å². The fourth-order valence-electron chi connectivity index (χ4n) is 2.33. The van der Waals surface area contributed by atoms with Crippen LogP contribution >= 0.6 is 11.3 Å². The maximum absolute atomic E-state index is 4.70. The van der Waals surface area contributed by atoms with E-state index in [0.717, 1.165) is 23.7 Å². The molecule has 1 N–H and O–H groups in total. The number of anilines is 1. The van der Waals surface area contributed by atoms with E-state index in [4.69, 9.17) is 4.98 Å². The van der Waals surface area contributed by atoms with E-state index in [-0.39, 0.29) is 0 Å². The van der Waals surface area contributed by atoms with Crippen LogP contribution in [0.25, 0.3) is 10.2 Å². The van der Waals surface area contributed by atoms with Gasteiger partial charge in [-0.15, -0.1) is 0 Å². The summed E-state index contributed by atoms with van der Waals surface area (Å²) in [6.07, 6.45) is 2.53. The minimum absolute atomic E-state index is 0.587. The van der Waals surface area contributed by atoms with E-state index < -0.39 is 0 Å². The third-order valence-corrected chi connectivity index (χ3v) is 4.53. The molecule has 3 nitrogen and oxygen atoms in total. The van der Waals surface area contributed by atoms with E-state index in [1.54, 1.807) is 11.3 Å². The Hall–Kier alpha value is -1.13. The van der Waals surface area contributed by atoms with Crippen LogP contribution in [0.5, 0.6) is 0 Å². The average molecular weight is 247 g/mol. The molecule has 17 heavy (non-hydrogen) atoms. The first-order valence-corrected chi connectivity index (χ1v) is 6.95. The largest absolute Gasteiger partial charge is 0.347 e. The summed E-state index contributed by atoms with van der Waals surface area (Å²) in [5.41, 5.74) is 1.11. The minimum Gasteiger partial charge on any atom is -0.347 e. The number of nitrogens with zero attached hydrogens (tertiary/aromatic N) is 2. The average Bonchev–Trinajstić information content (AvgIpc) is 2.82. The van der Waals surface area contributed by atoms with Crippen LogP contribution in [-0.4, -0.2) is 31.2 Å². The van der Waals surface area contributed by atoms with Gasteiger partial charge in [0.15, 0.2) is 5.13 Å². The summed E-state index contributed by atoms with van der Waals surface area (Å²) >= 11 is 1.79. The van der Waals surface area contributed by atoms with Gasteiger partial charge in [0, 0.05) is 19.6 Å². The molecule has 2 heterocycles. The maximum Gasteiger partial charge on any atom is 0.186 e. The molecule has 1 aliphatic heterocycles. The summed E-state index contributed by atoms with van der Waals surface area (Å²) in [6.45, 7) is 2.23. The summed E-state index contributed by atoms with van der Waals surface area (Å²) in [4.78, 5) is 7.03. The van der Waals surface area contributed by atoms with Gasteiger partial charge in [-0.25, -0.2) is 4.98 Å². The molecule has 0 spiro atoms. The molecular weight excluding hydrogens is 230 g/mol. The molecule has 0 unspecified atom stereocenters. The van der Waals surface area contributed by atoms with E-state index in [2.05, 4.69) is 35.5 Å². The van der Waals surface area contributed by atoms with Gasteiger partial charge in [-0.2, -0.15) is 0 Å². The van der Waals surface area contributed by atoms with Crippen LogP contribution in [0.4, 0.5) is 5.13 Å². The molecule has 0 radical (unpaired) electrons. The van der Waals surface area contributed by atoms with Crippen molar-refractivity contribution in [1.29, 1.82) is 0 Å². The number of thiazole rings is 1. The summed E-state index contributed by atoms with van der Waals surface area (Å²) < 4.78 is 1.28. The van der Waals surface area contributed by atoms with Gasteiger partial charge >= 0.3 is 0 Å². The van der Waals surface area contributed by atoms with Gasteiger partial charge in [0.25, 0.3) is 0 Å². The second-order valence-corrected chi connectivity index (χ2v) is 5.58. The number of piperidine rings is 1. The van der Waals surface area contributed by atoms with Crippen molar-refractivity contribution >= 4 is 26.7 Å². The lowest BCUT2D eigenvalue weighted by Gasteiger charge is -2.31. The highest BCUT2D eigenvalue weighted by molar-refractivity contribution is 7.22. The number of nitrogens with one attached hydrogen (secondary N) is 1. The zero-order valence-corrected chi connectivity index (χ0v) is 10.8. The fourth-order valence-corrected chi connectivity index (χ4v) is 3.33. The zero-order chi connectivity index (χ0) is 11.7. The van der Waals surface area contributed by atoms with Gasteiger partial charge < -0.3 is 10.2 Å². The van der Waals surface area contributed by atoms with Gasteiger partial charge in [0.05, 0.1) is 10.2 Å². The number of hydrogen-bond acceptors (Lipinski definition) is 4. The van der Waals surface area contributed by atoms with Crippen LogP contribution in [0.2, 0.25) is 0 Å². The lowest BCUT2D eigenvalue weighted by Crippen LogP contribution is -2.44. The summed E-state index contributed by atoms with van der Waals surface area (Å²) in [5, 5.41) is 4.59. The van der Waals surface area contributed by atoms with Crippen molar-refractivity contribution in [3.8, 4) is 0 Å². The Kier molecular flexibility index (Phi) is 2.99. The molecule has 1 aromatic carbocycles. The highest BCUT2D eigenvalue weighted by Crippen LogP contribution is 2.29. The molecule has 2 aromatic rings. The Morgan fingerprint density at radius 2 is 2.29 bits per heavy atom. The maximum atomic E-state index is 4.70. The standard InChI is InChI=1S/C13H17N3S/c1-16(10-5-4-8-14-9-10)13-15-11-6-2-3-7-12(11)17-13/h2-3,6-7,10,14H,4-5,8-9H2,1H3/t10-/m0/s1. The van der Waals surface area contributed by atoms with Crippen LogP contribution in [0.3, 0.4) is 0 Å². The highest BCUT2D eigenvalue weighted by atomic mass is 32.1. The number of hydrogen-bond donors (Lipinski definition) is 1. The quantitative estimate of drug-likeness (QED) is 0.883. The van der Waals surface area contributed by atoms with Crippen molar-refractivity contribution in [3.63, 3.8) is 0 Å². The van der Waals surface area contributed by atoms with Gasteiger partial charge in [-0.1, -0.05) is 23.5 Å². The summed E-state index contributed by atoms with van der Waals surface area (Å²) in [5.74, 6) is 0. The topological polar surface area (TPSA) is 28.2 Å². The van der Waals surface area contributed by atoms with Gasteiger partial charge in [0.2, 0.25) is 0 Å². The van der Waals surface area contributed by atoms with Crippen molar-refractivity contribution in [1.82, 2.24) is 10.3 Å². The Morgan fingerprint density at radius 3 is 3.06 bits per heavy atom. The monoisotopic (exact) mass is 247 g/mol.